The van der Waals surface area contributed by atoms with Gasteiger partial charge in [0.15, 0.2) is 16.5 Å². The van der Waals surface area contributed by atoms with Gasteiger partial charge in [-0.2, -0.15) is 21.5 Å². The van der Waals surface area contributed by atoms with Gasteiger partial charge in [-0.15, -0.1) is 0 Å². The normalized spacial score (nSPS) is 13.8. The molecule has 0 aliphatic carbocycles. The maximum Gasteiger partial charge on any atom is 0.313 e. The van der Waals surface area contributed by atoms with Crippen LogP contribution in [0.4, 0.5) is 23.2 Å². The number of esters is 1. The number of carbonyl (C=O) groups excluding carboxylic acids is 3. The number of hydroxylamine groups is 2. The van der Waals surface area contributed by atoms with Crippen LogP contribution in [0.3, 0.4) is 0 Å². The maximum atomic E-state index is 14.0. The predicted molar refractivity (Wildman–Crippen MR) is 302 cm³/mol. The van der Waals surface area contributed by atoms with Crippen molar-refractivity contribution in [3.05, 3.63) is 71.1 Å². The Labute approximate surface area is 502 Å². The van der Waals surface area contributed by atoms with Crippen molar-refractivity contribution >= 4 is 55.5 Å². The number of nitrogens with two attached hydrogens (primary N) is 1. The summed E-state index contributed by atoms with van der Waals surface area (Å²) in [6, 6.07) is 6.97. The fraction of sp³-hybridized carbons (Fsp3) is 0.582. The summed E-state index contributed by atoms with van der Waals surface area (Å²) >= 11 is 0. The van der Waals surface area contributed by atoms with Crippen LogP contribution in [0.25, 0.3) is 17.2 Å². The molecule has 0 saturated carbocycles. The maximum absolute atomic E-state index is 14.0. The van der Waals surface area contributed by atoms with Gasteiger partial charge >= 0.3 is 16.1 Å². The zero-order chi connectivity index (χ0) is 63.0. The lowest BCUT2D eigenvalue weighted by molar-refractivity contribution is -0.180. The summed E-state index contributed by atoms with van der Waals surface area (Å²) in [6.45, 7) is 10.8. The smallest absolute Gasteiger partial charge is 0.313 e. The summed E-state index contributed by atoms with van der Waals surface area (Å²) < 4.78 is 174. The molecule has 5 rings (SSSR count). The molecule has 0 unspecified atom stereocenters. The summed E-state index contributed by atoms with van der Waals surface area (Å²) in [5.74, 6) is -13.0. The first kappa shape index (κ1) is 72.1. The van der Waals surface area contributed by atoms with Crippen LogP contribution in [0.15, 0.2) is 57.0 Å². The first-order valence-corrected chi connectivity index (χ1v) is 30.9. The molecule has 0 atom stereocenters. The SMILES string of the molecule is CCCN(OCC)C(=O)C1=Cc2ccc(-c3cncc(S(=O)(=O)N4CC(CNC(=O)CCOCCOCCOCCOCCOCCOCCOCCOCCOCCOCCC(=O)Oc5c(F)c(F)c(S(=O)(=O)O)c(F)c5F)C4)c3)cc2N=C(N)C1. The topological polar surface area (TPSA) is 320 Å². The average Bonchev–Trinajstić information content (AvgIpc) is 1.11. The van der Waals surface area contributed by atoms with Gasteiger partial charge < -0.3 is 63.2 Å². The number of aromatic nitrogens is 1. The van der Waals surface area contributed by atoms with E-state index >= 15 is 0 Å². The predicted octanol–water partition coefficient (Wildman–Crippen LogP) is 3.81. The molecule has 486 valence electrons. The molecular weight excluding hydrogens is 1200 g/mol. The third-order valence-electron chi connectivity index (χ3n) is 12.3. The highest BCUT2D eigenvalue weighted by Crippen LogP contribution is 2.35. The van der Waals surface area contributed by atoms with Crippen molar-refractivity contribution in [3.63, 3.8) is 0 Å². The van der Waals surface area contributed by atoms with E-state index in [-0.39, 0.29) is 94.0 Å². The monoisotopic (exact) mass is 1280 g/mol. The van der Waals surface area contributed by atoms with Crippen LogP contribution in [-0.4, -0.2) is 224 Å². The first-order valence-electron chi connectivity index (χ1n) is 28.0. The number of nitrogens with zero attached hydrogens (tertiary/aromatic N) is 4. The van der Waals surface area contributed by atoms with Crippen LogP contribution in [0.2, 0.25) is 0 Å². The highest BCUT2D eigenvalue weighted by Gasteiger charge is 2.38. The lowest BCUT2D eigenvalue weighted by atomic mass is 10.0. The number of nitrogens with one attached hydrogen (secondary N) is 1. The number of benzene rings is 2. The van der Waals surface area contributed by atoms with Gasteiger partial charge in [-0.25, -0.2) is 27.3 Å². The number of rotatable bonds is 45. The number of fused-ring (bicyclic) bond motifs is 1. The second-order valence-electron chi connectivity index (χ2n) is 18.9. The molecule has 87 heavy (non-hydrogen) atoms. The van der Waals surface area contributed by atoms with E-state index in [1.54, 1.807) is 30.5 Å². The van der Waals surface area contributed by atoms with Crippen LogP contribution >= 0.6 is 0 Å². The molecule has 0 spiro atoms. The zero-order valence-electron chi connectivity index (χ0n) is 48.5. The molecule has 1 saturated heterocycles. The molecule has 2 amide bonds. The lowest BCUT2D eigenvalue weighted by Crippen LogP contribution is -2.53. The summed E-state index contributed by atoms with van der Waals surface area (Å²) in [7, 11) is -9.52. The van der Waals surface area contributed by atoms with Crippen LogP contribution < -0.4 is 15.8 Å². The molecule has 2 aliphatic heterocycles. The van der Waals surface area contributed by atoms with Crippen molar-refractivity contribution in [1.29, 1.82) is 0 Å². The first-order chi connectivity index (χ1) is 41.8. The Morgan fingerprint density at radius 3 is 1.62 bits per heavy atom. The Balaban J connectivity index is 0.753. The summed E-state index contributed by atoms with van der Waals surface area (Å²) in [5.41, 5.74) is 9.14. The van der Waals surface area contributed by atoms with Crippen LogP contribution in [-0.2, 0) is 86.7 Å². The third-order valence-corrected chi connectivity index (χ3v) is 15.0. The van der Waals surface area contributed by atoms with Crippen molar-refractivity contribution < 1.29 is 110 Å². The van der Waals surface area contributed by atoms with E-state index in [1.165, 1.54) is 15.6 Å². The number of aliphatic imine (C=N–C) groups is 1. The van der Waals surface area contributed by atoms with Crippen molar-refractivity contribution in [3.8, 4) is 16.9 Å². The quantitative estimate of drug-likeness (QED) is 0.0138. The fourth-order valence-corrected chi connectivity index (χ4v) is 10.2. The van der Waals surface area contributed by atoms with Crippen LogP contribution in [0, 0.1) is 29.2 Å². The largest absolute Gasteiger partial charge is 0.420 e. The van der Waals surface area contributed by atoms with Gasteiger partial charge in [-0.3, -0.25) is 28.8 Å². The van der Waals surface area contributed by atoms with E-state index in [0.717, 1.165) is 6.42 Å². The summed E-state index contributed by atoms with van der Waals surface area (Å²) in [4.78, 5) is 49.7. The van der Waals surface area contributed by atoms with Gasteiger partial charge in [-0.05, 0) is 37.1 Å². The third kappa shape index (κ3) is 24.7. The lowest BCUT2D eigenvalue weighted by Gasteiger charge is -2.38. The number of amidine groups is 1. The zero-order valence-corrected chi connectivity index (χ0v) is 50.2. The number of pyridine rings is 1. The highest BCUT2D eigenvalue weighted by molar-refractivity contribution is 7.89. The van der Waals surface area contributed by atoms with E-state index in [4.69, 9.17) is 62.5 Å². The summed E-state index contributed by atoms with van der Waals surface area (Å²) in [5, 5.41) is 4.19. The molecule has 32 heteroatoms. The molecule has 1 fully saturated rings. The molecule has 4 N–H and O–H groups in total. The molecule has 3 aromatic rings. The number of hydrogen-bond donors (Lipinski definition) is 3. The molecule has 0 bridgehead atoms. The van der Waals surface area contributed by atoms with Gasteiger partial charge in [0.05, 0.1) is 151 Å². The second-order valence-corrected chi connectivity index (χ2v) is 22.2. The van der Waals surface area contributed by atoms with Crippen molar-refractivity contribution in [1.82, 2.24) is 19.7 Å². The van der Waals surface area contributed by atoms with Crippen LogP contribution in [0.5, 0.6) is 5.75 Å². The number of carbonyl (C=O) groups is 3. The molecule has 1 aromatic heterocycles. The average molecular weight is 1280 g/mol. The van der Waals surface area contributed by atoms with Gasteiger partial charge in [0, 0.05) is 74.0 Å². The Hall–Kier alpha value is -5.69. The van der Waals surface area contributed by atoms with Gasteiger partial charge in [0.2, 0.25) is 33.3 Å². The number of amides is 2. The van der Waals surface area contributed by atoms with Crippen molar-refractivity contribution in [2.45, 2.75) is 49.3 Å². The van der Waals surface area contributed by atoms with E-state index in [2.05, 4.69) is 20.0 Å². The molecule has 2 aliphatic rings. The Bertz CT molecular complexity index is 2930. The Morgan fingerprint density at radius 2 is 1.15 bits per heavy atom. The minimum Gasteiger partial charge on any atom is -0.420 e. The van der Waals surface area contributed by atoms with Crippen molar-refractivity contribution in [2.75, 3.05) is 165 Å². The van der Waals surface area contributed by atoms with Gasteiger partial charge in [0.25, 0.3) is 5.91 Å². The Morgan fingerprint density at radius 1 is 0.667 bits per heavy atom. The number of hydrogen-bond acceptors (Lipinski definition) is 22. The molecule has 26 nitrogen and oxygen atoms in total. The standard InChI is InChI=1S/C55H76F4N6O20S2/c1-3-9-65(84-4-2)55(68)42-30-41-6-5-40(32-45(41)63-46(60)33-42)43-31-44(36-61-35-43)86(69,70)64-37-39(38-64)34-62-47(66)7-10-74-12-14-76-16-18-78-20-22-80-24-26-82-28-29-83-27-25-81-23-21-79-19-17-77-15-13-75-11-8-48(67)85-53-49(56)51(58)54(87(71,72)73)52(59)50(53)57/h5-6,30-32,35-36,39H,3-4,7-29,33-34,37-38H2,1-2H3,(H2,60,63)(H,62,66)(H,71,72,73). The number of halogens is 4. The molecule has 2 aromatic carbocycles. The molecule has 3 heterocycles. The molecular formula is C55H76F4N6O20S2. The van der Waals surface area contributed by atoms with E-state index in [1.807, 2.05) is 19.9 Å². The minimum absolute atomic E-state index is 0.0104. The molecule has 0 radical (unpaired) electrons. The second kappa shape index (κ2) is 38.7. The minimum atomic E-state index is -5.66. The highest BCUT2D eigenvalue weighted by atomic mass is 32.2. The number of sulfonamides is 1. The van der Waals surface area contributed by atoms with E-state index < -0.39 is 66.4 Å². The van der Waals surface area contributed by atoms with Crippen molar-refractivity contribution in [2.24, 2.45) is 16.6 Å². The van der Waals surface area contributed by atoms with Gasteiger partial charge in [-0.1, -0.05) is 19.1 Å². The van der Waals surface area contributed by atoms with E-state index in [0.29, 0.717) is 140 Å². The van der Waals surface area contributed by atoms with Crippen LogP contribution in [0.1, 0.15) is 45.1 Å². The number of ether oxygens (including phenoxy) is 11. The van der Waals surface area contributed by atoms with Gasteiger partial charge in [0.1, 0.15) is 10.7 Å². The van der Waals surface area contributed by atoms with E-state index in [9.17, 15) is 48.8 Å². The fourth-order valence-electron chi connectivity index (χ4n) is 7.99. The Kier molecular flexibility index (Phi) is 32.0. The summed E-state index contributed by atoms with van der Waals surface area (Å²) in [6.07, 6.45) is 5.05.